The summed E-state index contributed by atoms with van der Waals surface area (Å²) in [6, 6.07) is 16.4. The molecule has 1 heterocycles. The van der Waals surface area contributed by atoms with Crippen LogP contribution in [-0.2, 0) is 6.42 Å². The molecule has 0 saturated heterocycles. The molecular weight excluding hydrogens is 422 g/mol. The second-order valence-electron chi connectivity index (χ2n) is 7.41. The molecule has 0 radical (unpaired) electrons. The standard InChI is InChI=1S/C26H23N3O2.ClH/c1-17-11-20(13-21(12-17)24(30)16-26(27)28)9-8-19-7-6-18(2)23(14-19)25(31)15-22-5-3-4-10-29-22;/h3-7,10-14H,15-16H2,1-2H3,(H3,27,28);1H. The van der Waals surface area contributed by atoms with E-state index in [0.717, 1.165) is 16.8 Å². The first-order valence-corrected chi connectivity index (χ1v) is 9.85. The van der Waals surface area contributed by atoms with E-state index in [1.54, 1.807) is 24.4 Å². The maximum Gasteiger partial charge on any atom is 0.170 e. The quantitative estimate of drug-likeness (QED) is 0.253. The molecule has 0 saturated carbocycles. The Kier molecular flexibility index (Phi) is 8.46. The third kappa shape index (κ3) is 6.63. The van der Waals surface area contributed by atoms with Crippen molar-refractivity contribution in [2.75, 3.05) is 0 Å². The van der Waals surface area contributed by atoms with Gasteiger partial charge in [0.15, 0.2) is 11.6 Å². The number of ketones is 2. The minimum Gasteiger partial charge on any atom is -0.387 e. The van der Waals surface area contributed by atoms with Crippen LogP contribution in [0, 0.1) is 31.1 Å². The molecule has 0 aliphatic heterocycles. The van der Waals surface area contributed by atoms with Crippen molar-refractivity contribution in [2.45, 2.75) is 26.7 Å². The summed E-state index contributed by atoms with van der Waals surface area (Å²) >= 11 is 0. The predicted octanol–water partition coefficient (Wildman–Crippen LogP) is 4.45. The van der Waals surface area contributed by atoms with Crippen LogP contribution in [0.1, 0.15) is 55.1 Å². The molecule has 0 amide bonds. The highest BCUT2D eigenvalue weighted by molar-refractivity contribution is 6.08. The van der Waals surface area contributed by atoms with Crippen LogP contribution in [0.25, 0.3) is 0 Å². The smallest absolute Gasteiger partial charge is 0.170 e. The van der Waals surface area contributed by atoms with Gasteiger partial charge in [-0.15, -0.1) is 12.4 Å². The Labute approximate surface area is 194 Å². The third-order valence-electron chi connectivity index (χ3n) is 4.71. The average molecular weight is 446 g/mol. The molecule has 3 N–H and O–H groups in total. The van der Waals surface area contributed by atoms with E-state index >= 15 is 0 Å². The van der Waals surface area contributed by atoms with E-state index < -0.39 is 0 Å². The summed E-state index contributed by atoms with van der Waals surface area (Å²) in [5.74, 6) is 5.78. The van der Waals surface area contributed by atoms with Crippen molar-refractivity contribution in [1.29, 1.82) is 5.41 Å². The number of halogens is 1. The van der Waals surface area contributed by atoms with Gasteiger partial charge in [-0.05, 0) is 67.4 Å². The van der Waals surface area contributed by atoms with E-state index in [9.17, 15) is 9.59 Å². The number of aromatic nitrogens is 1. The van der Waals surface area contributed by atoms with E-state index in [2.05, 4.69) is 16.8 Å². The third-order valence-corrected chi connectivity index (χ3v) is 4.71. The van der Waals surface area contributed by atoms with E-state index in [1.807, 2.05) is 50.2 Å². The minimum absolute atomic E-state index is 0. The normalized spacial score (nSPS) is 9.81. The highest BCUT2D eigenvalue weighted by Crippen LogP contribution is 2.15. The Balaban J connectivity index is 0.00000363. The molecule has 0 unspecified atom stereocenters. The number of pyridine rings is 1. The van der Waals surface area contributed by atoms with Gasteiger partial charge >= 0.3 is 0 Å². The zero-order valence-electron chi connectivity index (χ0n) is 17.9. The number of Topliss-reactive ketones (excluding diaryl/α,β-unsaturated/α-hetero) is 2. The summed E-state index contributed by atoms with van der Waals surface area (Å²) in [5, 5.41) is 7.32. The van der Waals surface area contributed by atoms with E-state index in [4.69, 9.17) is 11.1 Å². The van der Waals surface area contributed by atoms with Crippen molar-refractivity contribution in [3.8, 4) is 11.8 Å². The van der Waals surface area contributed by atoms with Gasteiger partial charge < -0.3 is 5.73 Å². The van der Waals surface area contributed by atoms with Crippen LogP contribution in [0.2, 0.25) is 0 Å². The van der Waals surface area contributed by atoms with Crippen molar-refractivity contribution >= 4 is 29.8 Å². The van der Waals surface area contributed by atoms with E-state index in [-0.39, 0.29) is 42.7 Å². The lowest BCUT2D eigenvalue weighted by molar-refractivity contribution is 0.0986. The number of nitrogens with zero attached hydrogens (tertiary/aromatic N) is 1. The van der Waals surface area contributed by atoms with E-state index in [0.29, 0.717) is 22.3 Å². The largest absolute Gasteiger partial charge is 0.387 e. The lowest BCUT2D eigenvalue weighted by atomic mass is 9.98. The van der Waals surface area contributed by atoms with Gasteiger partial charge in [0, 0.05) is 34.1 Å². The number of carbonyl (C=O) groups is 2. The SMILES string of the molecule is Cc1cc(C#Cc2ccc(C)c(C(=O)Cc3ccccn3)c2)cc(C(=O)CC(=N)N)c1.Cl. The molecule has 3 rings (SSSR count). The first kappa shape index (κ1) is 24.5. The summed E-state index contributed by atoms with van der Waals surface area (Å²) in [6.45, 7) is 3.78. The van der Waals surface area contributed by atoms with Gasteiger partial charge in [0.05, 0.1) is 18.7 Å². The number of hydrogen-bond donors (Lipinski definition) is 2. The number of rotatable bonds is 6. The van der Waals surface area contributed by atoms with Gasteiger partial charge in [-0.1, -0.05) is 24.0 Å². The lowest BCUT2D eigenvalue weighted by Crippen LogP contribution is -2.15. The lowest BCUT2D eigenvalue weighted by Gasteiger charge is -2.06. The number of benzene rings is 2. The molecule has 0 spiro atoms. The minimum atomic E-state index is -0.211. The Hall–Kier alpha value is -3.75. The maximum atomic E-state index is 12.8. The molecule has 6 heteroatoms. The van der Waals surface area contributed by atoms with Crippen LogP contribution >= 0.6 is 12.4 Å². The number of amidine groups is 1. The zero-order valence-corrected chi connectivity index (χ0v) is 18.8. The second kappa shape index (κ2) is 11.0. The number of aryl methyl sites for hydroxylation is 2. The molecule has 1 aromatic heterocycles. The molecule has 0 atom stereocenters. The molecule has 0 fully saturated rings. The van der Waals surface area contributed by atoms with Crippen LogP contribution in [0.15, 0.2) is 60.8 Å². The maximum absolute atomic E-state index is 12.8. The summed E-state index contributed by atoms with van der Waals surface area (Å²) in [5.41, 5.74) is 10.4. The van der Waals surface area contributed by atoms with Crippen molar-refractivity contribution in [1.82, 2.24) is 4.98 Å². The van der Waals surface area contributed by atoms with Gasteiger partial charge in [-0.2, -0.15) is 0 Å². The Bertz CT molecular complexity index is 1220. The van der Waals surface area contributed by atoms with Gasteiger partial charge in [-0.25, -0.2) is 0 Å². The highest BCUT2D eigenvalue weighted by atomic mass is 35.5. The fourth-order valence-corrected chi connectivity index (χ4v) is 3.20. The Morgan fingerprint density at radius 1 is 0.969 bits per heavy atom. The molecular formula is C26H24ClN3O2. The van der Waals surface area contributed by atoms with Gasteiger partial charge in [0.25, 0.3) is 0 Å². The Morgan fingerprint density at radius 2 is 1.72 bits per heavy atom. The first-order valence-electron chi connectivity index (χ1n) is 9.85. The molecule has 3 aromatic rings. The van der Waals surface area contributed by atoms with Crippen molar-refractivity contribution < 1.29 is 9.59 Å². The molecule has 5 nitrogen and oxygen atoms in total. The highest BCUT2D eigenvalue weighted by Gasteiger charge is 2.12. The topological polar surface area (TPSA) is 96.9 Å². The van der Waals surface area contributed by atoms with Gasteiger partial charge in [-0.3, -0.25) is 20.0 Å². The molecule has 2 aromatic carbocycles. The van der Waals surface area contributed by atoms with Crippen molar-refractivity contribution in [2.24, 2.45) is 5.73 Å². The average Bonchev–Trinajstić information content (AvgIpc) is 2.73. The van der Waals surface area contributed by atoms with Crippen LogP contribution in [0.3, 0.4) is 0 Å². The summed E-state index contributed by atoms with van der Waals surface area (Å²) in [6.07, 6.45) is 1.79. The Morgan fingerprint density at radius 3 is 2.41 bits per heavy atom. The van der Waals surface area contributed by atoms with Gasteiger partial charge in [0.2, 0.25) is 0 Å². The summed E-state index contributed by atoms with van der Waals surface area (Å²) in [4.78, 5) is 29.2. The van der Waals surface area contributed by atoms with Crippen LogP contribution in [-0.4, -0.2) is 22.4 Å². The van der Waals surface area contributed by atoms with Crippen LogP contribution in [0.4, 0.5) is 0 Å². The fourth-order valence-electron chi connectivity index (χ4n) is 3.20. The molecule has 32 heavy (non-hydrogen) atoms. The second-order valence-corrected chi connectivity index (χ2v) is 7.41. The first-order chi connectivity index (χ1) is 14.8. The zero-order chi connectivity index (χ0) is 22.4. The summed E-state index contributed by atoms with van der Waals surface area (Å²) < 4.78 is 0. The van der Waals surface area contributed by atoms with Crippen molar-refractivity contribution in [3.63, 3.8) is 0 Å². The van der Waals surface area contributed by atoms with Crippen LogP contribution < -0.4 is 5.73 Å². The van der Waals surface area contributed by atoms with Crippen LogP contribution in [0.5, 0.6) is 0 Å². The predicted molar refractivity (Wildman–Crippen MR) is 129 cm³/mol. The number of carbonyl (C=O) groups excluding carboxylic acids is 2. The molecule has 0 bridgehead atoms. The molecule has 162 valence electrons. The number of hydrogen-bond acceptors (Lipinski definition) is 4. The molecule has 0 aliphatic rings. The fraction of sp³-hybridized carbons (Fsp3) is 0.154. The number of nitrogens with one attached hydrogen (secondary N) is 1. The number of nitrogens with two attached hydrogens (primary N) is 1. The summed E-state index contributed by atoms with van der Waals surface area (Å²) in [7, 11) is 0. The van der Waals surface area contributed by atoms with Crippen molar-refractivity contribution in [3.05, 3.63) is 99.9 Å². The monoisotopic (exact) mass is 445 g/mol. The van der Waals surface area contributed by atoms with Gasteiger partial charge in [0.1, 0.15) is 0 Å². The molecule has 0 aliphatic carbocycles. The van der Waals surface area contributed by atoms with E-state index in [1.165, 1.54) is 0 Å².